The summed E-state index contributed by atoms with van der Waals surface area (Å²) in [6.07, 6.45) is 1.01. The van der Waals surface area contributed by atoms with Crippen LogP contribution in [0.2, 0.25) is 0 Å². The van der Waals surface area contributed by atoms with Crippen LogP contribution in [0.5, 0.6) is 0 Å². The van der Waals surface area contributed by atoms with Crippen molar-refractivity contribution < 1.29 is 0 Å². The zero-order valence-electron chi connectivity index (χ0n) is 7.31. The molecule has 0 aliphatic heterocycles. The fourth-order valence-electron chi connectivity index (χ4n) is 0.971. The molecule has 0 saturated carbocycles. The van der Waals surface area contributed by atoms with Crippen molar-refractivity contribution in [2.45, 2.75) is 13.3 Å². The third kappa shape index (κ3) is 3.14. The van der Waals surface area contributed by atoms with Gasteiger partial charge in [-0.15, -0.1) is 11.6 Å². The largest absolute Gasteiger partial charge is 0.385 e. The second kappa shape index (κ2) is 5.04. The van der Waals surface area contributed by atoms with Gasteiger partial charge in [-0.05, 0) is 25.5 Å². The Hall–Kier alpha value is -0.690. The Morgan fingerprint density at radius 3 is 2.50 bits per heavy atom. The third-order valence-electron chi connectivity index (χ3n) is 1.69. The van der Waals surface area contributed by atoms with Crippen molar-refractivity contribution in [3.63, 3.8) is 0 Å². The predicted octanol–water partition coefficient (Wildman–Crippen LogP) is 3.04. The average molecular weight is 184 g/mol. The van der Waals surface area contributed by atoms with Crippen molar-refractivity contribution in [1.29, 1.82) is 0 Å². The quantitative estimate of drug-likeness (QED) is 0.559. The van der Waals surface area contributed by atoms with Crippen molar-refractivity contribution in [3.05, 3.63) is 29.8 Å². The maximum atomic E-state index is 5.55. The molecular weight excluding hydrogens is 170 g/mol. The average Bonchev–Trinajstić information content (AvgIpc) is 2.09. The number of rotatable bonds is 4. The molecule has 66 valence electrons. The van der Waals surface area contributed by atoms with Gasteiger partial charge in [-0.1, -0.05) is 17.7 Å². The molecule has 1 rings (SSSR count). The summed E-state index contributed by atoms with van der Waals surface area (Å²) >= 11 is 5.55. The molecule has 0 spiro atoms. The lowest BCUT2D eigenvalue weighted by Crippen LogP contribution is -2.01. The van der Waals surface area contributed by atoms with E-state index in [1.807, 2.05) is 0 Å². The van der Waals surface area contributed by atoms with Crippen LogP contribution in [-0.4, -0.2) is 12.4 Å². The van der Waals surface area contributed by atoms with Crippen molar-refractivity contribution in [1.82, 2.24) is 0 Å². The number of benzene rings is 1. The second-order valence-corrected chi connectivity index (χ2v) is 3.21. The Labute approximate surface area is 78.7 Å². The van der Waals surface area contributed by atoms with E-state index in [-0.39, 0.29) is 0 Å². The number of alkyl halides is 1. The van der Waals surface area contributed by atoms with Crippen LogP contribution in [0.1, 0.15) is 12.0 Å². The molecule has 0 heterocycles. The van der Waals surface area contributed by atoms with Crippen LogP contribution in [-0.2, 0) is 0 Å². The van der Waals surface area contributed by atoms with E-state index in [0.717, 1.165) is 18.8 Å². The molecule has 1 aromatic carbocycles. The molecule has 1 nitrogen and oxygen atoms in total. The topological polar surface area (TPSA) is 12.0 Å². The van der Waals surface area contributed by atoms with Crippen LogP contribution in [0.3, 0.4) is 0 Å². The number of halogens is 1. The van der Waals surface area contributed by atoms with E-state index in [2.05, 4.69) is 36.5 Å². The van der Waals surface area contributed by atoms with E-state index >= 15 is 0 Å². The fourth-order valence-corrected chi connectivity index (χ4v) is 1.10. The van der Waals surface area contributed by atoms with Gasteiger partial charge in [0.1, 0.15) is 0 Å². The molecule has 0 bridgehead atoms. The van der Waals surface area contributed by atoms with E-state index in [9.17, 15) is 0 Å². The van der Waals surface area contributed by atoms with E-state index in [4.69, 9.17) is 11.6 Å². The number of nitrogens with one attached hydrogen (secondary N) is 1. The molecule has 0 aliphatic rings. The van der Waals surface area contributed by atoms with Gasteiger partial charge in [-0.25, -0.2) is 0 Å². The second-order valence-electron chi connectivity index (χ2n) is 2.84. The van der Waals surface area contributed by atoms with Gasteiger partial charge in [0.25, 0.3) is 0 Å². The normalized spacial score (nSPS) is 9.83. The minimum absolute atomic E-state index is 0.721. The van der Waals surface area contributed by atoms with Crippen molar-refractivity contribution >= 4 is 17.3 Å². The van der Waals surface area contributed by atoms with E-state index in [1.165, 1.54) is 11.3 Å². The lowest BCUT2D eigenvalue weighted by molar-refractivity contribution is 0.987. The first kappa shape index (κ1) is 9.40. The zero-order valence-corrected chi connectivity index (χ0v) is 8.06. The summed E-state index contributed by atoms with van der Waals surface area (Å²) in [4.78, 5) is 0. The van der Waals surface area contributed by atoms with Gasteiger partial charge in [0.05, 0.1) is 0 Å². The molecule has 0 saturated heterocycles. The molecule has 0 radical (unpaired) electrons. The molecular formula is C10H14ClN. The van der Waals surface area contributed by atoms with Crippen molar-refractivity contribution in [3.8, 4) is 0 Å². The van der Waals surface area contributed by atoms with Crippen LogP contribution in [0, 0.1) is 6.92 Å². The molecule has 12 heavy (non-hydrogen) atoms. The number of hydrogen-bond donors (Lipinski definition) is 1. The smallest absolute Gasteiger partial charge is 0.0340 e. The molecule has 0 aliphatic carbocycles. The summed E-state index contributed by atoms with van der Waals surface area (Å²) in [5.74, 6) is 0.721. The van der Waals surface area contributed by atoms with E-state index in [0.29, 0.717) is 0 Å². The number of anilines is 1. The van der Waals surface area contributed by atoms with Gasteiger partial charge in [0, 0.05) is 18.1 Å². The minimum atomic E-state index is 0.721. The standard InChI is InChI=1S/C10H14ClN/c1-9-3-5-10(6-4-9)12-8-2-7-11/h3-6,12H,2,7-8H2,1H3. The summed E-state index contributed by atoms with van der Waals surface area (Å²) in [5.41, 5.74) is 2.46. The summed E-state index contributed by atoms with van der Waals surface area (Å²) in [6, 6.07) is 8.37. The highest BCUT2D eigenvalue weighted by molar-refractivity contribution is 6.17. The SMILES string of the molecule is Cc1ccc(NCCCCl)cc1. The van der Waals surface area contributed by atoms with Gasteiger partial charge in [0.15, 0.2) is 0 Å². The van der Waals surface area contributed by atoms with Crippen molar-refractivity contribution in [2.24, 2.45) is 0 Å². The van der Waals surface area contributed by atoms with Crippen LogP contribution < -0.4 is 5.32 Å². The monoisotopic (exact) mass is 183 g/mol. The van der Waals surface area contributed by atoms with Crippen molar-refractivity contribution in [2.75, 3.05) is 17.7 Å². The van der Waals surface area contributed by atoms with Gasteiger partial charge in [-0.3, -0.25) is 0 Å². The summed E-state index contributed by atoms with van der Waals surface area (Å²) in [5, 5.41) is 3.29. The zero-order chi connectivity index (χ0) is 8.81. The molecule has 0 amide bonds. The molecule has 0 atom stereocenters. The Morgan fingerprint density at radius 2 is 1.92 bits per heavy atom. The van der Waals surface area contributed by atoms with Gasteiger partial charge in [-0.2, -0.15) is 0 Å². The first-order valence-corrected chi connectivity index (χ1v) is 4.73. The Morgan fingerprint density at radius 1 is 1.25 bits per heavy atom. The molecule has 0 fully saturated rings. The predicted molar refractivity (Wildman–Crippen MR) is 55.0 cm³/mol. The molecule has 0 unspecified atom stereocenters. The summed E-state index contributed by atoms with van der Waals surface area (Å²) in [7, 11) is 0. The fraction of sp³-hybridized carbons (Fsp3) is 0.400. The maximum Gasteiger partial charge on any atom is 0.0340 e. The highest BCUT2D eigenvalue weighted by atomic mass is 35.5. The summed E-state index contributed by atoms with van der Waals surface area (Å²) in [6.45, 7) is 3.04. The third-order valence-corrected chi connectivity index (χ3v) is 1.96. The van der Waals surface area contributed by atoms with Gasteiger partial charge in [0.2, 0.25) is 0 Å². The Balaban J connectivity index is 2.37. The lowest BCUT2D eigenvalue weighted by Gasteiger charge is -2.04. The van der Waals surface area contributed by atoms with E-state index in [1.54, 1.807) is 0 Å². The molecule has 0 aromatic heterocycles. The lowest BCUT2D eigenvalue weighted by atomic mass is 10.2. The first-order chi connectivity index (χ1) is 5.83. The Bertz CT molecular complexity index is 218. The minimum Gasteiger partial charge on any atom is -0.385 e. The maximum absolute atomic E-state index is 5.55. The van der Waals surface area contributed by atoms with Gasteiger partial charge < -0.3 is 5.32 Å². The molecule has 2 heteroatoms. The highest BCUT2D eigenvalue weighted by Crippen LogP contribution is 2.08. The van der Waals surface area contributed by atoms with Crippen LogP contribution >= 0.6 is 11.6 Å². The summed E-state index contributed by atoms with van der Waals surface area (Å²) < 4.78 is 0. The molecule has 1 N–H and O–H groups in total. The van der Waals surface area contributed by atoms with Crippen LogP contribution in [0.4, 0.5) is 5.69 Å². The first-order valence-electron chi connectivity index (χ1n) is 4.19. The highest BCUT2D eigenvalue weighted by Gasteiger charge is 1.89. The Kier molecular flexibility index (Phi) is 3.95. The number of aryl methyl sites for hydroxylation is 1. The molecule has 1 aromatic rings. The van der Waals surface area contributed by atoms with Gasteiger partial charge >= 0.3 is 0 Å². The number of hydrogen-bond acceptors (Lipinski definition) is 1. The van der Waals surface area contributed by atoms with E-state index < -0.39 is 0 Å². The van der Waals surface area contributed by atoms with Crippen LogP contribution in [0.15, 0.2) is 24.3 Å². The van der Waals surface area contributed by atoms with Crippen LogP contribution in [0.25, 0.3) is 0 Å².